The molecule has 0 radical (unpaired) electrons. The summed E-state index contributed by atoms with van der Waals surface area (Å²) >= 11 is 0. The maximum atomic E-state index is 12.9. The molecule has 1 saturated heterocycles. The second-order valence-electron chi connectivity index (χ2n) is 7.79. The van der Waals surface area contributed by atoms with Crippen LogP contribution in [0.2, 0.25) is 0 Å². The summed E-state index contributed by atoms with van der Waals surface area (Å²) in [6.07, 6.45) is -4.55. The predicted octanol–water partition coefficient (Wildman–Crippen LogP) is 4.77. The molecule has 0 spiro atoms. The van der Waals surface area contributed by atoms with Crippen molar-refractivity contribution < 1.29 is 18.0 Å². The van der Waals surface area contributed by atoms with Gasteiger partial charge in [0.15, 0.2) is 0 Å². The van der Waals surface area contributed by atoms with Crippen molar-refractivity contribution in [1.29, 1.82) is 0 Å². The summed E-state index contributed by atoms with van der Waals surface area (Å²) < 4.78 is 38.6. The first kappa shape index (κ1) is 21.7. The first-order valence-corrected chi connectivity index (χ1v) is 9.75. The van der Waals surface area contributed by atoms with Crippen LogP contribution in [0.15, 0.2) is 48.7 Å². The van der Waals surface area contributed by atoms with Gasteiger partial charge in [0.2, 0.25) is 5.91 Å². The van der Waals surface area contributed by atoms with Gasteiger partial charge in [-0.15, -0.1) is 0 Å². The topological polar surface area (TPSA) is 35.6 Å². The quantitative estimate of drug-likeness (QED) is 0.779. The van der Waals surface area contributed by atoms with E-state index in [1.165, 1.54) is 12.1 Å². The van der Waals surface area contributed by atoms with Crippen molar-refractivity contribution in [2.45, 2.75) is 26.4 Å². The molecule has 1 N–H and O–H groups in total. The molecule has 0 saturated carbocycles. The number of anilines is 2. The molecule has 0 aliphatic carbocycles. The summed E-state index contributed by atoms with van der Waals surface area (Å²) in [6.45, 7) is 10.5. The third kappa shape index (κ3) is 4.96. The third-order valence-electron chi connectivity index (χ3n) is 5.38. The molecule has 1 fully saturated rings. The molecule has 0 atom stereocenters. The molecular formula is C23H26F3N3O. The van der Waals surface area contributed by atoms with Crippen LogP contribution in [0.3, 0.4) is 0 Å². The Morgan fingerprint density at radius 2 is 1.80 bits per heavy atom. The molecular weight excluding hydrogens is 391 g/mol. The van der Waals surface area contributed by atoms with Crippen molar-refractivity contribution in [2.75, 3.05) is 36.9 Å². The van der Waals surface area contributed by atoms with E-state index in [-0.39, 0.29) is 12.3 Å². The summed E-state index contributed by atoms with van der Waals surface area (Å²) in [4.78, 5) is 16.9. The van der Waals surface area contributed by atoms with Crippen LogP contribution in [0, 0.1) is 13.8 Å². The van der Waals surface area contributed by atoms with Crippen molar-refractivity contribution in [3.05, 3.63) is 70.9 Å². The highest BCUT2D eigenvalue weighted by Crippen LogP contribution is 2.31. The van der Waals surface area contributed by atoms with E-state index >= 15 is 0 Å². The molecule has 3 rings (SSSR count). The van der Waals surface area contributed by atoms with E-state index in [2.05, 4.69) is 21.7 Å². The number of hydrogen-bond acceptors (Lipinski definition) is 3. The molecule has 0 bridgehead atoms. The molecule has 0 aromatic heterocycles. The van der Waals surface area contributed by atoms with Crippen LogP contribution < -0.4 is 10.2 Å². The highest BCUT2D eigenvalue weighted by molar-refractivity contribution is 5.94. The Bertz CT molecular complexity index is 945. The number of piperazine rings is 1. The van der Waals surface area contributed by atoms with Crippen molar-refractivity contribution in [3.8, 4) is 0 Å². The van der Waals surface area contributed by atoms with Crippen LogP contribution in [-0.2, 0) is 17.4 Å². The number of nitrogens with one attached hydrogen (secondary N) is 1. The van der Waals surface area contributed by atoms with E-state index in [4.69, 9.17) is 0 Å². The number of rotatable bonds is 4. The summed E-state index contributed by atoms with van der Waals surface area (Å²) in [6, 6.07) is 8.90. The van der Waals surface area contributed by atoms with Crippen LogP contribution in [0.4, 0.5) is 24.5 Å². The lowest BCUT2D eigenvalue weighted by atomic mass is 10.0. The monoisotopic (exact) mass is 417 g/mol. The summed E-state index contributed by atoms with van der Waals surface area (Å²) in [5.41, 5.74) is 4.20. The Hall–Kier alpha value is -2.96. The van der Waals surface area contributed by atoms with Crippen molar-refractivity contribution in [1.82, 2.24) is 4.90 Å². The molecule has 1 aliphatic heterocycles. The smallest absolute Gasteiger partial charge is 0.375 e. The largest absolute Gasteiger partial charge is 0.416 e. The zero-order chi connectivity index (χ0) is 22.1. The van der Waals surface area contributed by atoms with Gasteiger partial charge < -0.3 is 15.1 Å². The number of halogens is 3. The lowest BCUT2D eigenvalue weighted by Gasteiger charge is -2.37. The number of carbonyl (C=O) groups is 1. The minimum atomic E-state index is -4.43. The maximum Gasteiger partial charge on any atom is 0.416 e. The van der Waals surface area contributed by atoms with E-state index in [1.54, 1.807) is 0 Å². The second kappa shape index (κ2) is 8.42. The highest BCUT2D eigenvalue weighted by atomic mass is 19.4. The summed E-state index contributed by atoms with van der Waals surface area (Å²) in [5.74, 6) is -0.346. The Morgan fingerprint density at radius 1 is 1.13 bits per heavy atom. The van der Waals surface area contributed by atoms with Gasteiger partial charge in [-0.05, 0) is 48.7 Å². The number of carbonyl (C=O) groups excluding carboxylic acids is 1. The minimum absolute atomic E-state index is 0.122. The van der Waals surface area contributed by atoms with Crippen LogP contribution in [-0.4, -0.2) is 37.5 Å². The average Bonchev–Trinajstić information content (AvgIpc) is 2.66. The molecule has 2 aromatic carbocycles. The molecule has 30 heavy (non-hydrogen) atoms. The van der Waals surface area contributed by atoms with E-state index in [1.807, 2.05) is 33.0 Å². The van der Waals surface area contributed by atoms with Gasteiger partial charge in [0.1, 0.15) is 0 Å². The molecule has 160 valence electrons. The zero-order valence-corrected chi connectivity index (χ0v) is 17.4. The number of likely N-dealkylation sites (N-methyl/N-ethyl adjacent to an activating group) is 1. The lowest BCUT2D eigenvalue weighted by molar-refractivity contribution is -0.137. The molecule has 1 aliphatic rings. The minimum Gasteiger partial charge on any atom is -0.375 e. The highest BCUT2D eigenvalue weighted by Gasteiger charge is 2.30. The number of benzene rings is 2. The molecule has 1 amide bonds. The third-order valence-corrected chi connectivity index (χ3v) is 5.38. The number of alkyl halides is 3. The van der Waals surface area contributed by atoms with Gasteiger partial charge in [0, 0.05) is 37.2 Å². The second-order valence-corrected chi connectivity index (χ2v) is 7.79. The van der Waals surface area contributed by atoms with E-state index < -0.39 is 11.7 Å². The molecule has 2 aromatic rings. The fraction of sp³-hybridized carbons (Fsp3) is 0.348. The van der Waals surface area contributed by atoms with Crippen LogP contribution in [0.5, 0.6) is 0 Å². The van der Waals surface area contributed by atoms with E-state index in [9.17, 15) is 18.0 Å². The van der Waals surface area contributed by atoms with Gasteiger partial charge in [-0.2, -0.15) is 13.2 Å². The van der Waals surface area contributed by atoms with Crippen LogP contribution >= 0.6 is 0 Å². The molecule has 7 heteroatoms. The van der Waals surface area contributed by atoms with Gasteiger partial charge in [-0.1, -0.05) is 24.8 Å². The Kier molecular flexibility index (Phi) is 6.10. The standard InChI is InChI=1S/C23H26F3N3O/c1-15-10-20(29-9-8-28(4)17(3)14-29)11-16(2)22(15)27-21(30)13-18-6-5-7-19(12-18)23(24,25)26/h5-7,10-12H,3,8-9,13-14H2,1-2,4H3,(H,27,30). The van der Waals surface area contributed by atoms with Crippen LogP contribution in [0.1, 0.15) is 22.3 Å². The van der Waals surface area contributed by atoms with E-state index in [0.717, 1.165) is 54.3 Å². The van der Waals surface area contributed by atoms with E-state index in [0.29, 0.717) is 11.3 Å². The Balaban J connectivity index is 1.72. The Morgan fingerprint density at radius 3 is 2.40 bits per heavy atom. The van der Waals surface area contributed by atoms with Gasteiger partial charge in [-0.25, -0.2) is 0 Å². The van der Waals surface area contributed by atoms with Gasteiger partial charge in [0.05, 0.1) is 18.5 Å². The van der Waals surface area contributed by atoms with Crippen molar-refractivity contribution in [2.24, 2.45) is 0 Å². The predicted molar refractivity (Wildman–Crippen MR) is 114 cm³/mol. The van der Waals surface area contributed by atoms with Crippen molar-refractivity contribution in [3.63, 3.8) is 0 Å². The van der Waals surface area contributed by atoms with Gasteiger partial charge >= 0.3 is 6.18 Å². The molecule has 0 unspecified atom stereocenters. The summed E-state index contributed by atoms with van der Waals surface area (Å²) in [5, 5.41) is 2.87. The fourth-order valence-electron chi connectivity index (χ4n) is 3.62. The summed E-state index contributed by atoms with van der Waals surface area (Å²) in [7, 11) is 2.03. The normalized spacial score (nSPS) is 14.8. The number of aryl methyl sites for hydroxylation is 2. The number of hydrogen-bond donors (Lipinski definition) is 1. The molecule has 1 heterocycles. The average molecular weight is 417 g/mol. The number of amides is 1. The first-order chi connectivity index (χ1) is 14.0. The fourth-order valence-corrected chi connectivity index (χ4v) is 3.62. The van der Waals surface area contributed by atoms with Crippen molar-refractivity contribution >= 4 is 17.3 Å². The number of nitrogens with zero attached hydrogens (tertiary/aromatic N) is 2. The maximum absolute atomic E-state index is 12.9. The van der Waals surface area contributed by atoms with Gasteiger partial charge in [-0.3, -0.25) is 4.79 Å². The first-order valence-electron chi connectivity index (χ1n) is 9.75. The molecule has 4 nitrogen and oxygen atoms in total. The van der Waals surface area contributed by atoms with Gasteiger partial charge in [0.25, 0.3) is 0 Å². The SMILES string of the molecule is C=C1CN(c2cc(C)c(NC(=O)Cc3cccc(C(F)(F)F)c3)c(C)c2)CCN1C. The lowest BCUT2D eigenvalue weighted by Crippen LogP contribution is -2.42. The van der Waals surface area contributed by atoms with Crippen LogP contribution in [0.25, 0.3) is 0 Å². The Labute approximate surface area is 175 Å². The zero-order valence-electron chi connectivity index (χ0n) is 17.4.